The second kappa shape index (κ2) is 6.07. The number of hydrogen-bond acceptors (Lipinski definition) is 2. The molecule has 2 N–H and O–H groups in total. The molecule has 1 fully saturated rings. The average molecular weight is 256 g/mol. The predicted molar refractivity (Wildman–Crippen MR) is 69.5 cm³/mol. The summed E-state index contributed by atoms with van der Waals surface area (Å²) in [7, 11) is 0. The zero-order valence-electron chi connectivity index (χ0n) is 11.5. The molecular weight excluding hydrogens is 232 g/mol. The topological polar surface area (TPSA) is 69.6 Å². The minimum absolute atomic E-state index is 0.127. The molecule has 1 rings (SSSR count). The molecule has 1 aliphatic rings. The Kier molecular flexibility index (Phi) is 4.99. The van der Waals surface area contributed by atoms with E-state index in [1.807, 2.05) is 20.8 Å². The Morgan fingerprint density at radius 1 is 1.33 bits per heavy atom. The van der Waals surface area contributed by atoms with Crippen molar-refractivity contribution in [2.24, 2.45) is 0 Å². The smallest absolute Gasteiger partial charge is 0.329 e. The van der Waals surface area contributed by atoms with Crippen LogP contribution in [0.3, 0.4) is 0 Å². The zero-order valence-corrected chi connectivity index (χ0v) is 11.5. The van der Waals surface area contributed by atoms with Gasteiger partial charge >= 0.3 is 12.0 Å². The summed E-state index contributed by atoms with van der Waals surface area (Å²) in [4.78, 5) is 25.3. The van der Waals surface area contributed by atoms with Crippen molar-refractivity contribution in [3.8, 4) is 0 Å². The van der Waals surface area contributed by atoms with Crippen molar-refractivity contribution in [1.82, 2.24) is 10.2 Å². The van der Waals surface area contributed by atoms with Crippen LogP contribution in [0.15, 0.2) is 0 Å². The molecule has 0 spiro atoms. The van der Waals surface area contributed by atoms with Gasteiger partial charge in [0, 0.05) is 12.6 Å². The van der Waals surface area contributed by atoms with E-state index in [0.717, 1.165) is 19.3 Å². The summed E-state index contributed by atoms with van der Waals surface area (Å²) in [6.45, 7) is 6.50. The fraction of sp³-hybridized carbons (Fsp3) is 0.846. The Morgan fingerprint density at radius 2 is 1.89 bits per heavy atom. The Labute approximate surface area is 109 Å². The molecule has 0 aromatic rings. The first-order valence-electron chi connectivity index (χ1n) is 6.79. The number of nitrogens with zero attached hydrogens (tertiary/aromatic N) is 1. The highest BCUT2D eigenvalue weighted by atomic mass is 16.4. The number of rotatable bonds is 5. The van der Waals surface area contributed by atoms with Crippen molar-refractivity contribution in [2.45, 2.75) is 64.5 Å². The van der Waals surface area contributed by atoms with Gasteiger partial charge in [0.25, 0.3) is 0 Å². The molecule has 0 radical (unpaired) electrons. The normalized spacial score (nSPS) is 19.3. The Morgan fingerprint density at radius 3 is 2.28 bits per heavy atom. The summed E-state index contributed by atoms with van der Waals surface area (Å²) in [6.07, 6.45) is 3.66. The van der Waals surface area contributed by atoms with E-state index in [9.17, 15) is 14.7 Å². The molecule has 0 aliphatic heterocycles. The number of nitrogens with one attached hydrogen (secondary N) is 1. The second-order valence-corrected chi connectivity index (χ2v) is 5.07. The molecule has 1 aliphatic carbocycles. The number of urea groups is 1. The maximum Gasteiger partial charge on any atom is 0.329 e. The van der Waals surface area contributed by atoms with Gasteiger partial charge < -0.3 is 15.3 Å². The van der Waals surface area contributed by atoms with Crippen LogP contribution in [-0.4, -0.2) is 40.1 Å². The molecule has 0 saturated heterocycles. The molecule has 5 heteroatoms. The first kappa shape index (κ1) is 14.8. The molecule has 0 bridgehead atoms. The van der Waals surface area contributed by atoms with Crippen LogP contribution in [0.4, 0.5) is 4.79 Å². The summed E-state index contributed by atoms with van der Waals surface area (Å²) in [5, 5.41) is 12.1. The molecule has 5 nitrogen and oxygen atoms in total. The number of carbonyl (C=O) groups excluding carboxylic acids is 1. The third kappa shape index (κ3) is 2.94. The van der Waals surface area contributed by atoms with Crippen molar-refractivity contribution < 1.29 is 14.7 Å². The van der Waals surface area contributed by atoms with Crippen molar-refractivity contribution >= 4 is 12.0 Å². The predicted octanol–water partition coefficient (Wildman–Crippen LogP) is 2.21. The average Bonchev–Trinajstić information content (AvgIpc) is 2.79. The first-order chi connectivity index (χ1) is 8.46. The van der Waals surface area contributed by atoms with Crippen LogP contribution >= 0.6 is 0 Å². The molecule has 0 heterocycles. The molecule has 104 valence electrons. The summed E-state index contributed by atoms with van der Waals surface area (Å²) < 4.78 is 0. The largest absolute Gasteiger partial charge is 0.480 e. The number of carbonyl (C=O) groups is 2. The van der Waals surface area contributed by atoms with Gasteiger partial charge in [-0.25, -0.2) is 9.59 Å². The van der Waals surface area contributed by atoms with Gasteiger partial charge in [-0.3, -0.25) is 0 Å². The molecule has 0 aromatic heterocycles. The highest BCUT2D eigenvalue weighted by Crippen LogP contribution is 2.30. The van der Waals surface area contributed by atoms with E-state index in [1.165, 1.54) is 0 Å². The highest BCUT2D eigenvalue weighted by Gasteiger charge is 2.43. The van der Waals surface area contributed by atoms with Gasteiger partial charge in [0.2, 0.25) is 0 Å². The first-order valence-corrected chi connectivity index (χ1v) is 6.79. The summed E-state index contributed by atoms with van der Waals surface area (Å²) >= 11 is 0. The zero-order chi connectivity index (χ0) is 13.8. The van der Waals surface area contributed by atoms with E-state index in [1.54, 1.807) is 4.90 Å². The van der Waals surface area contributed by atoms with Crippen LogP contribution in [0, 0.1) is 0 Å². The number of amides is 2. The molecule has 1 unspecified atom stereocenters. The third-order valence-electron chi connectivity index (χ3n) is 3.94. The fourth-order valence-corrected chi connectivity index (χ4v) is 2.52. The quantitative estimate of drug-likeness (QED) is 0.792. The van der Waals surface area contributed by atoms with E-state index in [4.69, 9.17) is 0 Å². The van der Waals surface area contributed by atoms with E-state index < -0.39 is 11.5 Å². The van der Waals surface area contributed by atoms with Gasteiger partial charge in [-0.05, 0) is 33.1 Å². The van der Waals surface area contributed by atoms with Gasteiger partial charge in [0.05, 0.1) is 0 Å². The summed E-state index contributed by atoms with van der Waals surface area (Å²) in [6, 6.07) is -0.126. The minimum atomic E-state index is -1.04. The Bertz CT molecular complexity index is 311. The fourth-order valence-electron chi connectivity index (χ4n) is 2.52. The summed E-state index contributed by atoms with van der Waals surface area (Å²) in [5.74, 6) is -0.909. The summed E-state index contributed by atoms with van der Waals surface area (Å²) in [5.41, 5.74) is -1.04. The van der Waals surface area contributed by atoms with Crippen LogP contribution < -0.4 is 5.32 Å². The third-order valence-corrected chi connectivity index (χ3v) is 3.94. The van der Waals surface area contributed by atoms with E-state index in [0.29, 0.717) is 19.4 Å². The lowest BCUT2D eigenvalue weighted by Crippen LogP contribution is -2.57. The molecule has 18 heavy (non-hydrogen) atoms. The van der Waals surface area contributed by atoms with Gasteiger partial charge in [0.15, 0.2) is 0 Å². The van der Waals surface area contributed by atoms with Crippen LogP contribution in [0.2, 0.25) is 0 Å². The molecule has 2 amide bonds. The van der Waals surface area contributed by atoms with Crippen molar-refractivity contribution in [3.05, 3.63) is 0 Å². The van der Waals surface area contributed by atoms with Crippen molar-refractivity contribution in [3.63, 3.8) is 0 Å². The van der Waals surface area contributed by atoms with Crippen molar-refractivity contribution in [2.75, 3.05) is 6.54 Å². The standard InChI is InChI=1S/C13H24N2O3/c1-4-10(3)15(5-2)12(18)14-13(11(16)17)8-6-7-9-13/h10H,4-9H2,1-3H3,(H,14,18)(H,16,17). The minimum Gasteiger partial charge on any atom is -0.480 e. The number of hydrogen-bond donors (Lipinski definition) is 2. The Hall–Kier alpha value is -1.26. The van der Waals surface area contributed by atoms with E-state index >= 15 is 0 Å². The maximum absolute atomic E-state index is 12.2. The van der Waals surface area contributed by atoms with E-state index in [2.05, 4.69) is 5.32 Å². The number of aliphatic carboxylic acids is 1. The monoisotopic (exact) mass is 256 g/mol. The van der Waals surface area contributed by atoms with E-state index in [-0.39, 0.29) is 12.1 Å². The molecular formula is C13H24N2O3. The highest BCUT2D eigenvalue weighted by molar-refractivity contribution is 5.86. The second-order valence-electron chi connectivity index (χ2n) is 5.07. The van der Waals surface area contributed by atoms with Gasteiger partial charge in [0.1, 0.15) is 5.54 Å². The van der Waals surface area contributed by atoms with Gasteiger partial charge in [-0.2, -0.15) is 0 Å². The van der Waals surface area contributed by atoms with Gasteiger partial charge in [-0.1, -0.05) is 19.8 Å². The van der Waals surface area contributed by atoms with Crippen molar-refractivity contribution in [1.29, 1.82) is 0 Å². The molecule has 1 atom stereocenters. The maximum atomic E-state index is 12.2. The van der Waals surface area contributed by atoms with Crippen LogP contribution in [0.25, 0.3) is 0 Å². The number of carboxylic acids is 1. The lowest BCUT2D eigenvalue weighted by atomic mass is 9.98. The molecule has 0 aromatic carbocycles. The van der Waals surface area contributed by atoms with Gasteiger partial charge in [-0.15, -0.1) is 0 Å². The van der Waals surface area contributed by atoms with Crippen LogP contribution in [0.5, 0.6) is 0 Å². The van der Waals surface area contributed by atoms with Crippen LogP contribution in [0.1, 0.15) is 52.9 Å². The molecule has 1 saturated carbocycles. The lowest BCUT2D eigenvalue weighted by Gasteiger charge is -2.32. The SMILES string of the molecule is CCC(C)N(CC)C(=O)NC1(C(=O)O)CCCC1. The van der Waals surface area contributed by atoms with Crippen LogP contribution in [-0.2, 0) is 4.79 Å². The Balaban J connectivity index is 2.75. The number of carboxylic acid groups (broad SMARTS) is 1. The lowest BCUT2D eigenvalue weighted by molar-refractivity contribution is -0.144.